The van der Waals surface area contributed by atoms with Gasteiger partial charge in [0.25, 0.3) is 0 Å². The molecular weight excluding hydrogens is 382 g/mol. The number of aliphatic hydroxyl groups is 1. The second-order valence-electron chi connectivity index (χ2n) is 8.63. The van der Waals surface area contributed by atoms with Crippen LogP contribution in [0.15, 0.2) is 0 Å². The molecule has 3 heterocycles. The van der Waals surface area contributed by atoms with E-state index in [1.807, 2.05) is 0 Å². The van der Waals surface area contributed by atoms with Gasteiger partial charge in [0.05, 0.1) is 18.5 Å². The Hall–Kier alpha value is -0.900. The Kier molecular flexibility index (Phi) is 6.89. The first kappa shape index (κ1) is 21.8. The van der Waals surface area contributed by atoms with E-state index in [0.717, 1.165) is 38.8 Å². The summed E-state index contributed by atoms with van der Waals surface area (Å²) in [4.78, 5) is 15.8. The third-order valence-electron chi connectivity index (χ3n) is 6.52. The van der Waals surface area contributed by atoms with Crippen molar-refractivity contribution in [1.29, 1.82) is 0 Å². The SMILES string of the molecule is CCOC(=O)N1CCC(O)(CN2CC[C@@H]3[C@@H](CCCCN3S(C)(=O)=O)C2)CC1. The van der Waals surface area contributed by atoms with Crippen LogP contribution < -0.4 is 0 Å². The number of fused-ring (bicyclic) bond motifs is 1. The molecule has 0 aromatic heterocycles. The first-order valence-corrected chi connectivity index (χ1v) is 12.4. The molecule has 8 nitrogen and oxygen atoms in total. The zero-order valence-electron chi connectivity index (χ0n) is 17.2. The van der Waals surface area contributed by atoms with Crippen molar-refractivity contribution in [3.63, 3.8) is 0 Å². The van der Waals surface area contributed by atoms with Gasteiger partial charge in [0.15, 0.2) is 0 Å². The van der Waals surface area contributed by atoms with Crippen LogP contribution >= 0.6 is 0 Å². The van der Waals surface area contributed by atoms with Gasteiger partial charge in [0.2, 0.25) is 10.0 Å². The summed E-state index contributed by atoms with van der Waals surface area (Å²) >= 11 is 0. The fourth-order valence-electron chi connectivity index (χ4n) is 5.05. The normalized spacial score (nSPS) is 29.8. The average molecular weight is 418 g/mol. The fraction of sp³-hybridized carbons (Fsp3) is 0.947. The molecule has 0 aromatic rings. The van der Waals surface area contributed by atoms with Crippen molar-refractivity contribution in [1.82, 2.24) is 14.1 Å². The number of amides is 1. The Balaban J connectivity index is 1.56. The molecule has 28 heavy (non-hydrogen) atoms. The van der Waals surface area contributed by atoms with E-state index in [2.05, 4.69) is 4.90 Å². The number of sulfonamides is 1. The molecule has 162 valence electrons. The summed E-state index contributed by atoms with van der Waals surface area (Å²) < 4.78 is 31.2. The zero-order valence-corrected chi connectivity index (χ0v) is 18.0. The van der Waals surface area contributed by atoms with Gasteiger partial charge in [-0.3, -0.25) is 0 Å². The molecule has 1 amide bonds. The van der Waals surface area contributed by atoms with Crippen molar-refractivity contribution in [2.45, 2.75) is 57.1 Å². The van der Waals surface area contributed by atoms with Crippen molar-refractivity contribution < 1.29 is 23.1 Å². The Morgan fingerprint density at radius 1 is 1.14 bits per heavy atom. The molecule has 3 aliphatic heterocycles. The highest BCUT2D eigenvalue weighted by Crippen LogP contribution is 2.33. The van der Waals surface area contributed by atoms with Gasteiger partial charge in [0, 0.05) is 38.8 Å². The van der Waals surface area contributed by atoms with Crippen molar-refractivity contribution in [3.05, 3.63) is 0 Å². The van der Waals surface area contributed by atoms with E-state index in [1.165, 1.54) is 6.26 Å². The Morgan fingerprint density at radius 2 is 1.86 bits per heavy atom. The van der Waals surface area contributed by atoms with Crippen molar-refractivity contribution in [2.24, 2.45) is 5.92 Å². The van der Waals surface area contributed by atoms with Crippen LogP contribution in [0.3, 0.4) is 0 Å². The lowest BCUT2D eigenvalue weighted by atomic mass is 9.86. The van der Waals surface area contributed by atoms with Gasteiger partial charge in [-0.05, 0) is 51.5 Å². The van der Waals surface area contributed by atoms with Crippen LogP contribution in [-0.2, 0) is 14.8 Å². The lowest BCUT2D eigenvalue weighted by Gasteiger charge is -2.45. The molecule has 3 rings (SSSR count). The summed E-state index contributed by atoms with van der Waals surface area (Å²) in [7, 11) is -3.18. The molecule has 3 fully saturated rings. The van der Waals surface area contributed by atoms with Gasteiger partial charge >= 0.3 is 6.09 Å². The molecule has 3 aliphatic rings. The number of likely N-dealkylation sites (tertiary alicyclic amines) is 2. The lowest BCUT2D eigenvalue weighted by Crippen LogP contribution is -2.57. The minimum absolute atomic E-state index is 0.0917. The largest absolute Gasteiger partial charge is 0.450 e. The fourth-order valence-corrected chi connectivity index (χ4v) is 6.28. The van der Waals surface area contributed by atoms with Gasteiger partial charge in [-0.1, -0.05) is 6.42 Å². The topological polar surface area (TPSA) is 90.4 Å². The van der Waals surface area contributed by atoms with E-state index in [4.69, 9.17) is 4.74 Å². The molecule has 0 aliphatic carbocycles. The summed E-state index contributed by atoms with van der Waals surface area (Å²) in [5.74, 6) is 0.328. The van der Waals surface area contributed by atoms with Crippen molar-refractivity contribution in [3.8, 4) is 0 Å². The molecule has 0 radical (unpaired) electrons. The quantitative estimate of drug-likeness (QED) is 0.737. The van der Waals surface area contributed by atoms with E-state index in [-0.39, 0.29) is 12.1 Å². The highest BCUT2D eigenvalue weighted by atomic mass is 32.2. The molecule has 0 unspecified atom stereocenters. The van der Waals surface area contributed by atoms with Gasteiger partial charge in [-0.2, -0.15) is 4.31 Å². The van der Waals surface area contributed by atoms with Crippen LogP contribution in [0.5, 0.6) is 0 Å². The van der Waals surface area contributed by atoms with Crippen LogP contribution in [0.4, 0.5) is 4.79 Å². The number of piperidine rings is 2. The number of rotatable bonds is 4. The number of hydrogen-bond donors (Lipinski definition) is 1. The van der Waals surface area contributed by atoms with Crippen LogP contribution in [0.25, 0.3) is 0 Å². The monoisotopic (exact) mass is 417 g/mol. The van der Waals surface area contributed by atoms with Crippen molar-refractivity contribution >= 4 is 16.1 Å². The molecular formula is C19H35N3O5S. The smallest absolute Gasteiger partial charge is 0.409 e. The zero-order chi connectivity index (χ0) is 20.4. The van der Waals surface area contributed by atoms with Gasteiger partial charge in [0.1, 0.15) is 0 Å². The highest BCUT2D eigenvalue weighted by Gasteiger charge is 2.41. The number of carbonyl (C=O) groups excluding carboxylic acids is 1. The maximum atomic E-state index is 12.2. The van der Waals surface area contributed by atoms with E-state index in [0.29, 0.717) is 51.5 Å². The average Bonchev–Trinajstić information content (AvgIpc) is 2.84. The molecule has 0 saturated carbocycles. The summed E-state index contributed by atoms with van der Waals surface area (Å²) in [5, 5.41) is 11.1. The number of carbonyl (C=O) groups is 1. The molecule has 3 saturated heterocycles. The molecule has 1 N–H and O–H groups in total. The summed E-state index contributed by atoms with van der Waals surface area (Å²) in [5.41, 5.74) is -0.795. The van der Waals surface area contributed by atoms with Crippen LogP contribution in [0.2, 0.25) is 0 Å². The summed E-state index contributed by atoms with van der Waals surface area (Å²) in [6, 6.07) is 0.0917. The van der Waals surface area contributed by atoms with Gasteiger partial charge < -0.3 is 19.6 Å². The first-order valence-electron chi connectivity index (χ1n) is 10.5. The predicted octanol–water partition coefficient (Wildman–Crippen LogP) is 1.11. The Labute approximate surface area is 168 Å². The van der Waals surface area contributed by atoms with Crippen LogP contribution in [0.1, 0.15) is 45.4 Å². The first-order chi connectivity index (χ1) is 13.2. The van der Waals surface area contributed by atoms with Gasteiger partial charge in [-0.25, -0.2) is 13.2 Å². The Bertz CT molecular complexity index is 648. The van der Waals surface area contributed by atoms with E-state index >= 15 is 0 Å². The minimum Gasteiger partial charge on any atom is -0.450 e. The standard InChI is InChI=1S/C19H35N3O5S/c1-3-27-18(23)21-12-8-19(24,9-13-21)15-20-11-7-17-16(14-20)6-4-5-10-22(17)28(2,25)26/h16-17,24H,3-15H2,1-2H3/t16-,17+/m0/s1. The maximum Gasteiger partial charge on any atom is 0.409 e. The number of β-amino-alcohol motifs (C(OH)–C–C–N with tert-alkyl or cyclic N) is 1. The van der Waals surface area contributed by atoms with Gasteiger partial charge in [-0.15, -0.1) is 0 Å². The number of hydrogen-bond acceptors (Lipinski definition) is 6. The van der Waals surface area contributed by atoms with E-state index in [9.17, 15) is 18.3 Å². The van der Waals surface area contributed by atoms with Crippen LogP contribution in [0, 0.1) is 5.92 Å². The molecule has 9 heteroatoms. The lowest BCUT2D eigenvalue weighted by molar-refractivity contribution is -0.0537. The molecule has 0 bridgehead atoms. The molecule has 2 atom stereocenters. The molecule has 0 aromatic carbocycles. The number of nitrogens with zero attached hydrogens (tertiary/aromatic N) is 3. The number of ether oxygens (including phenoxy) is 1. The van der Waals surface area contributed by atoms with Crippen LogP contribution in [-0.4, -0.2) is 97.5 Å². The Morgan fingerprint density at radius 3 is 2.50 bits per heavy atom. The van der Waals surface area contributed by atoms with E-state index in [1.54, 1.807) is 16.1 Å². The summed E-state index contributed by atoms with van der Waals surface area (Å²) in [6.07, 6.45) is 5.96. The third-order valence-corrected chi connectivity index (χ3v) is 7.82. The highest BCUT2D eigenvalue weighted by molar-refractivity contribution is 7.88. The van der Waals surface area contributed by atoms with Crippen molar-refractivity contribution in [2.75, 3.05) is 52.1 Å². The maximum absolute atomic E-state index is 12.2. The van der Waals surface area contributed by atoms with E-state index < -0.39 is 15.6 Å². The predicted molar refractivity (Wildman–Crippen MR) is 107 cm³/mol. The second-order valence-corrected chi connectivity index (χ2v) is 10.6. The molecule has 0 spiro atoms. The third kappa shape index (κ3) is 5.17. The second kappa shape index (κ2) is 8.85. The summed E-state index contributed by atoms with van der Waals surface area (Å²) in [6.45, 7) is 6.03. The minimum atomic E-state index is -3.18.